The standard InChI is InChI=1S/C62H113O11P/c1-4-7-10-13-16-19-22-25-27-28-29-30-32-35-38-41-44-47-50-53-62(66)73-59(55-69-60(64)51-48-45-42-39-36-34-31-26-23-20-17-14-11-8-5-2)57-71-74(67,68)70-56-58(54-63)72-61(65)52-49-46-43-40-37-33-24-21-18-15-12-9-6-3/h16,19,21,24-25,27,29-30,58-59,63H,4-15,17-18,20,22-23,26,28,31-57H2,1-3H3,(H,67,68)/b19-16-,24-21-,27-25-,30-29-. The Kier molecular flexibility index (Phi) is 54.7. The zero-order valence-electron chi connectivity index (χ0n) is 47.8. The summed E-state index contributed by atoms with van der Waals surface area (Å²) < 4.78 is 39.6. The maximum absolute atomic E-state index is 12.9. The van der Waals surface area contributed by atoms with Crippen LogP contribution in [-0.4, -0.2) is 66.5 Å². The van der Waals surface area contributed by atoms with Crippen LogP contribution in [0.4, 0.5) is 0 Å². The quantitative estimate of drug-likeness (QED) is 0.0197. The second kappa shape index (κ2) is 56.6. The van der Waals surface area contributed by atoms with E-state index in [0.717, 1.165) is 109 Å². The van der Waals surface area contributed by atoms with Gasteiger partial charge in [0.15, 0.2) is 6.10 Å². The minimum atomic E-state index is -4.75. The van der Waals surface area contributed by atoms with Crippen molar-refractivity contribution in [3.8, 4) is 0 Å². The Morgan fingerprint density at radius 3 is 1.07 bits per heavy atom. The molecule has 0 aliphatic heterocycles. The van der Waals surface area contributed by atoms with Gasteiger partial charge in [-0.2, -0.15) is 0 Å². The lowest BCUT2D eigenvalue weighted by Crippen LogP contribution is -2.30. The lowest BCUT2D eigenvalue weighted by molar-refractivity contribution is -0.161. The van der Waals surface area contributed by atoms with Crippen LogP contribution in [0, 0.1) is 0 Å². The lowest BCUT2D eigenvalue weighted by atomic mass is 10.0. The molecule has 74 heavy (non-hydrogen) atoms. The highest BCUT2D eigenvalue weighted by Gasteiger charge is 2.28. The van der Waals surface area contributed by atoms with E-state index >= 15 is 0 Å². The second-order valence-electron chi connectivity index (χ2n) is 20.5. The van der Waals surface area contributed by atoms with Gasteiger partial charge in [-0.25, -0.2) is 4.57 Å². The molecule has 0 aliphatic rings. The van der Waals surface area contributed by atoms with Crippen LogP contribution in [0.2, 0.25) is 0 Å². The number of aliphatic hydroxyl groups is 1. The first kappa shape index (κ1) is 71.4. The molecule has 12 heteroatoms. The van der Waals surface area contributed by atoms with Gasteiger partial charge in [-0.05, 0) is 83.5 Å². The molecule has 0 aromatic carbocycles. The third-order valence-electron chi connectivity index (χ3n) is 13.2. The van der Waals surface area contributed by atoms with Gasteiger partial charge in [-0.3, -0.25) is 23.4 Å². The average Bonchev–Trinajstić information content (AvgIpc) is 3.39. The van der Waals surface area contributed by atoms with Crippen molar-refractivity contribution in [2.45, 2.75) is 303 Å². The largest absolute Gasteiger partial charge is 0.472 e. The van der Waals surface area contributed by atoms with Crippen LogP contribution in [0.1, 0.15) is 290 Å². The van der Waals surface area contributed by atoms with Crippen molar-refractivity contribution in [3.63, 3.8) is 0 Å². The number of carbonyl (C=O) groups is 3. The fourth-order valence-corrected chi connectivity index (χ4v) is 9.32. The van der Waals surface area contributed by atoms with Crippen molar-refractivity contribution in [2.24, 2.45) is 0 Å². The maximum Gasteiger partial charge on any atom is 0.472 e. The van der Waals surface area contributed by atoms with Crippen LogP contribution in [0.25, 0.3) is 0 Å². The number of unbranched alkanes of at least 4 members (excludes halogenated alkanes) is 32. The number of hydrogen-bond donors (Lipinski definition) is 2. The van der Waals surface area contributed by atoms with E-state index in [4.69, 9.17) is 23.3 Å². The molecule has 0 bridgehead atoms. The van der Waals surface area contributed by atoms with E-state index in [-0.39, 0.29) is 25.9 Å². The van der Waals surface area contributed by atoms with Gasteiger partial charge in [0.25, 0.3) is 0 Å². The number of aliphatic hydroxyl groups excluding tert-OH is 1. The molecule has 3 atom stereocenters. The average molecular weight is 1070 g/mol. The summed E-state index contributed by atoms with van der Waals surface area (Å²) in [4.78, 5) is 48.6. The van der Waals surface area contributed by atoms with E-state index in [1.165, 1.54) is 122 Å². The van der Waals surface area contributed by atoms with Gasteiger partial charge >= 0.3 is 25.7 Å². The topological polar surface area (TPSA) is 155 Å². The van der Waals surface area contributed by atoms with E-state index < -0.39 is 57.8 Å². The number of esters is 3. The Labute approximate surface area is 453 Å². The molecule has 0 saturated carbocycles. The Balaban J connectivity index is 4.73. The van der Waals surface area contributed by atoms with Crippen molar-refractivity contribution in [2.75, 3.05) is 26.4 Å². The van der Waals surface area contributed by atoms with Gasteiger partial charge in [-0.15, -0.1) is 0 Å². The third-order valence-corrected chi connectivity index (χ3v) is 14.2. The van der Waals surface area contributed by atoms with E-state index in [9.17, 15) is 28.9 Å². The van der Waals surface area contributed by atoms with Crippen LogP contribution >= 0.6 is 7.82 Å². The number of phosphoric ester groups is 1. The second-order valence-corrected chi connectivity index (χ2v) is 22.0. The molecular weight excluding hydrogens is 952 g/mol. The van der Waals surface area contributed by atoms with Crippen LogP contribution in [0.15, 0.2) is 48.6 Å². The summed E-state index contributed by atoms with van der Waals surface area (Å²) in [6.45, 7) is 4.62. The molecule has 0 heterocycles. The molecule has 0 saturated heterocycles. The molecule has 0 aromatic heterocycles. The summed E-state index contributed by atoms with van der Waals surface area (Å²) in [7, 11) is -4.75. The molecule has 0 amide bonds. The molecule has 0 aromatic rings. The molecule has 0 radical (unpaired) electrons. The van der Waals surface area contributed by atoms with Crippen LogP contribution in [0.3, 0.4) is 0 Å². The monoisotopic (exact) mass is 1060 g/mol. The van der Waals surface area contributed by atoms with Gasteiger partial charge < -0.3 is 24.2 Å². The maximum atomic E-state index is 12.9. The summed E-state index contributed by atoms with van der Waals surface area (Å²) in [6.07, 6.45) is 60.6. The molecule has 11 nitrogen and oxygen atoms in total. The SMILES string of the molecule is CCCCC/C=C\C/C=C\C/C=C\CCCCCCCCC(=O)OC(COC(=O)CCCCCCCCCCCCCCCCC)COP(=O)(O)OCC(CO)OC(=O)CCCCCCC/C=C\CCCCCC. The summed E-state index contributed by atoms with van der Waals surface area (Å²) in [5.41, 5.74) is 0. The third kappa shape index (κ3) is 54.2. The van der Waals surface area contributed by atoms with Gasteiger partial charge in [-0.1, -0.05) is 236 Å². The number of rotatable bonds is 57. The van der Waals surface area contributed by atoms with Gasteiger partial charge in [0.1, 0.15) is 12.7 Å². The minimum Gasteiger partial charge on any atom is -0.462 e. The predicted octanol–water partition coefficient (Wildman–Crippen LogP) is 18.1. The van der Waals surface area contributed by atoms with E-state index in [2.05, 4.69) is 69.4 Å². The number of phosphoric acid groups is 1. The minimum absolute atomic E-state index is 0.155. The Morgan fingerprint density at radius 2 is 0.662 bits per heavy atom. The zero-order valence-corrected chi connectivity index (χ0v) is 48.7. The molecule has 2 N–H and O–H groups in total. The number of ether oxygens (including phenoxy) is 3. The van der Waals surface area contributed by atoms with Crippen molar-refractivity contribution in [3.05, 3.63) is 48.6 Å². The Hall–Kier alpha value is -2.56. The molecule has 3 unspecified atom stereocenters. The van der Waals surface area contributed by atoms with Crippen LogP contribution in [-0.2, 0) is 42.2 Å². The fourth-order valence-electron chi connectivity index (χ4n) is 8.54. The Morgan fingerprint density at radius 1 is 0.378 bits per heavy atom. The van der Waals surface area contributed by atoms with Crippen molar-refractivity contribution in [1.29, 1.82) is 0 Å². The molecule has 0 spiro atoms. The number of hydrogen-bond acceptors (Lipinski definition) is 10. The highest BCUT2D eigenvalue weighted by molar-refractivity contribution is 7.47. The number of carbonyl (C=O) groups excluding carboxylic acids is 3. The number of allylic oxidation sites excluding steroid dienone is 8. The van der Waals surface area contributed by atoms with Crippen LogP contribution < -0.4 is 0 Å². The highest BCUT2D eigenvalue weighted by atomic mass is 31.2. The lowest BCUT2D eigenvalue weighted by Gasteiger charge is -2.21. The van der Waals surface area contributed by atoms with Crippen molar-refractivity contribution >= 4 is 25.7 Å². The van der Waals surface area contributed by atoms with E-state index in [1.54, 1.807) is 0 Å². The Bertz CT molecular complexity index is 1430. The first-order valence-electron chi connectivity index (χ1n) is 30.5. The first-order valence-corrected chi connectivity index (χ1v) is 32.0. The molecule has 432 valence electrons. The molecular formula is C62H113O11P. The van der Waals surface area contributed by atoms with E-state index in [1.807, 2.05) is 0 Å². The molecule has 0 fully saturated rings. The molecule has 0 aliphatic carbocycles. The van der Waals surface area contributed by atoms with Crippen molar-refractivity contribution in [1.82, 2.24) is 0 Å². The summed E-state index contributed by atoms with van der Waals surface area (Å²) >= 11 is 0. The zero-order chi connectivity index (χ0) is 54.1. The van der Waals surface area contributed by atoms with Crippen LogP contribution in [0.5, 0.6) is 0 Å². The summed E-state index contributed by atoms with van der Waals surface area (Å²) in [6, 6.07) is 0. The molecule has 0 rings (SSSR count). The fraction of sp³-hybridized carbons (Fsp3) is 0.823. The summed E-state index contributed by atoms with van der Waals surface area (Å²) in [5.74, 6) is -1.47. The van der Waals surface area contributed by atoms with Gasteiger partial charge in [0, 0.05) is 19.3 Å². The highest BCUT2D eigenvalue weighted by Crippen LogP contribution is 2.43. The smallest absolute Gasteiger partial charge is 0.462 e. The predicted molar refractivity (Wildman–Crippen MR) is 307 cm³/mol. The van der Waals surface area contributed by atoms with E-state index in [0.29, 0.717) is 19.3 Å². The van der Waals surface area contributed by atoms with Crippen molar-refractivity contribution < 1.29 is 52.2 Å². The first-order chi connectivity index (χ1) is 36.2. The summed E-state index contributed by atoms with van der Waals surface area (Å²) in [5, 5.41) is 9.82. The van der Waals surface area contributed by atoms with Gasteiger partial charge in [0.05, 0.1) is 19.8 Å². The van der Waals surface area contributed by atoms with Gasteiger partial charge in [0.2, 0.25) is 0 Å². The normalized spacial score (nSPS) is 13.6.